The zero-order chi connectivity index (χ0) is 23.5. The van der Waals surface area contributed by atoms with Gasteiger partial charge in [0.2, 0.25) is 0 Å². The number of alkyl halides is 2. The quantitative estimate of drug-likeness (QED) is 0.603. The molecule has 2 N–H and O–H groups in total. The van der Waals surface area contributed by atoms with Crippen LogP contribution in [0.4, 0.5) is 4.39 Å². The van der Waals surface area contributed by atoms with Crippen LogP contribution in [0.25, 0.3) is 0 Å². The molecule has 8 heteroatoms. The van der Waals surface area contributed by atoms with Crippen LogP contribution in [-0.2, 0) is 19.1 Å². The molecule has 4 aliphatic carbocycles. The number of fused-ring (bicyclic) bond motifs is 7. The number of ether oxygens (including phenoxy) is 2. The SMILES string of the molecule is CC1(C)O[C@@H]2C[C@H]3[C@@H]4C[C@H](O)C5=CC(=O)CC[C@]5(C)[C@@]4(F)[C@@H](O)C[C@]3(C)[C@]2(C(=O)CCl)O1. The third kappa shape index (κ3) is 2.45. The number of Topliss-reactive ketones (excluding diaryl/α,β-unsaturated/α-hetero) is 1. The van der Waals surface area contributed by atoms with E-state index in [2.05, 4.69) is 0 Å². The Hall–Kier alpha value is -0.860. The first-order valence-corrected chi connectivity index (χ1v) is 12.1. The van der Waals surface area contributed by atoms with Crippen molar-refractivity contribution in [3.8, 4) is 0 Å². The molecule has 1 heterocycles. The van der Waals surface area contributed by atoms with Crippen LogP contribution in [0, 0.1) is 22.7 Å². The summed E-state index contributed by atoms with van der Waals surface area (Å²) in [4.78, 5) is 25.4. The Morgan fingerprint density at radius 1 is 1.22 bits per heavy atom. The summed E-state index contributed by atoms with van der Waals surface area (Å²) in [6, 6.07) is 0. The minimum atomic E-state index is -2.04. The van der Waals surface area contributed by atoms with Gasteiger partial charge in [-0.25, -0.2) is 4.39 Å². The molecule has 0 amide bonds. The van der Waals surface area contributed by atoms with E-state index in [4.69, 9.17) is 21.1 Å². The summed E-state index contributed by atoms with van der Waals surface area (Å²) in [6.07, 6.45) is -0.729. The molecule has 3 saturated carbocycles. The van der Waals surface area contributed by atoms with Crippen LogP contribution in [-0.4, -0.2) is 63.0 Å². The molecule has 0 aromatic rings. The molecular weight excluding hydrogens is 439 g/mol. The minimum absolute atomic E-state index is 0.0101. The Morgan fingerprint density at radius 3 is 2.56 bits per heavy atom. The van der Waals surface area contributed by atoms with E-state index in [-0.39, 0.29) is 49.0 Å². The molecule has 9 atom stereocenters. The van der Waals surface area contributed by atoms with E-state index in [1.54, 1.807) is 20.8 Å². The predicted molar refractivity (Wildman–Crippen MR) is 114 cm³/mol. The van der Waals surface area contributed by atoms with Crippen molar-refractivity contribution in [3.05, 3.63) is 11.6 Å². The van der Waals surface area contributed by atoms with Crippen LogP contribution >= 0.6 is 11.6 Å². The van der Waals surface area contributed by atoms with E-state index in [1.807, 2.05) is 6.92 Å². The molecule has 178 valence electrons. The molecule has 0 radical (unpaired) electrons. The fourth-order valence-electron chi connectivity index (χ4n) is 8.30. The number of carbonyl (C=O) groups excluding carboxylic acids is 2. The summed E-state index contributed by atoms with van der Waals surface area (Å²) >= 11 is 6.03. The molecule has 32 heavy (non-hydrogen) atoms. The Kier molecular flexibility index (Phi) is 4.74. The monoisotopic (exact) mass is 470 g/mol. The molecule has 0 spiro atoms. The van der Waals surface area contributed by atoms with E-state index >= 15 is 4.39 Å². The van der Waals surface area contributed by atoms with Crippen molar-refractivity contribution < 1.29 is 33.7 Å². The van der Waals surface area contributed by atoms with Gasteiger partial charge in [0.1, 0.15) is 5.67 Å². The highest BCUT2D eigenvalue weighted by Crippen LogP contribution is 2.72. The van der Waals surface area contributed by atoms with Crippen LogP contribution in [0.15, 0.2) is 11.6 Å². The number of hydrogen-bond acceptors (Lipinski definition) is 6. The van der Waals surface area contributed by atoms with Crippen LogP contribution in [0.5, 0.6) is 0 Å². The average molecular weight is 471 g/mol. The number of ketones is 2. The summed E-state index contributed by atoms with van der Waals surface area (Å²) in [5.74, 6) is -2.80. The van der Waals surface area contributed by atoms with Gasteiger partial charge in [-0.15, -0.1) is 11.6 Å². The van der Waals surface area contributed by atoms with Crippen molar-refractivity contribution >= 4 is 23.2 Å². The van der Waals surface area contributed by atoms with Crippen molar-refractivity contribution in [3.63, 3.8) is 0 Å². The van der Waals surface area contributed by atoms with Gasteiger partial charge in [-0.3, -0.25) is 9.59 Å². The molecule has 4 fully saturated rings. The van der Waals surface area contributed by atoms with Crippen molar-refractivity contribution in [2.45, 2.75) is 95.2 Å². The fourth-order valence-corrected chi connectivity index (χ4v) is 8.50. The van der Waals surface area contributed by atoms with Gasteiger partial charge in [0.15, 0.2) is 23.0 Å². The maximum absolute atomic E-state index is 17.3. The molecule has 1 saturated heterocycles. The molecule has 5 aliphatic rings. The first-order chi connectivity index (χ1) is 14.8. The van der Waals surface area contributed by atoms with E-state index in [9.17, 15) is 19.8 Å². The minimum Gasteiger partial charge on any atom is -0.390 e. The van der Waals surface area contributed by atoms with E-state index < -0.39 is 52.1 Å². The summed E-state index contributed by atoms with van der Waals surface area (Å²) < 4.78 is 29.7. The third-order valence-corrected chi connectivity index (χ3v) is 9.83. The number of aliphatic hydroxyl groups is 2. The molecule has 0 unspecified atom stereocenters. The number of rotatable bonds is 2. The topological polar surface area (TPSA) is 93.1 Å². The zero-order valence-corrected chi connectivity index (χ0v) is 19.7. The van der Waals surface area contributed by atoms with E-state index in [1.165, 1.54) is 6.08 Å². The van der Waals surface area contributed by atoms with Gasteiger partial charge in [0.05, 0.1) is 24.2 Å². The van der Waals surface area contributed by atoms with Gasteiger partial charge in [-0.1, -0.05) is 13.8 Å². The van der Waals surface area contributed by atoms with Gasteiger partial charge >= 0.3 is 0 Å². The second-order valence-electron chi connectivity index (χ2n) is 11.4. The molecule has 0 bridgehead atoms. The van der Waals surface area contributed by atoms with Crippen LogP contribution < -0.4 is 0 Å². The maximum atomic E-state index is 17.3. The number of aliphatic hydroxyl groups excluding tert-OH is 2. The largest absolute Gasteiger partial charge is 0.390 e. The fraction of sp³-hybridized carbons (Fsp3) is 0.833. The summed E-state index contributed by atoms with van der Waals surface area (Å²) in [5, 5.41) is 22.5. The lowest BCUT2D eigenvalue weighted by molar-refractivity contribution is -0.255. The molecule has 6 nitrogen and oxygen atoms in total. The van der Waals surface area contributed by atoms with Gasteiger partial charge < -0.3 is 19.7 Å². The molecule has 5 rings (SSSR count). The Bertz CT molecular complexity index is 920. The highest BCUT2D eigenvalue weighted by atomic mass is 35.5. The van der Waals surface area contributed by atoms with Crippen LogP contribution in [0.3, 0.4) is 0 Å². The van der Waals surface area contributed by atoms with Crippen molar-refractivity contribution in [2.75, 3.05) is 5.88 Å². The van der Waals surface area contributed by atoms with E-state index in [0.717, 1.165) is 0 Å². The molecule has 0 aromatic heterocycles. The third-order valence-electron chi connectivity index (χ3n) is 9.59. The second-order valence-corrected chi connectivity index (χ2v) is 11.7. The number of hydrogen-bond donors (Lipinski definition) is 2. The normalized spacial score (nSPS) is 53.7. The Morgan fingerprint density at radius 2 is 1.91 bits per heavy atom. The Balaban J connectivity index is 1.65. The lowest BCUT2D eigenvalue weighted by Crippen LogP contribution is -2.71. The van der Waals surface area contributed by atoms with Gasteiger partial charge in [0, 0.05) is 23.2 Å². The molecule has 1 aliphatic heterocycles. The van der Waals surface area contributed by atoms with Crippen LogP contribution in [0.2, 0.25) is 0 Å². The molecule has 0 aromatic carbocycles. The highest BCUT2D eigenvalue weighted by Gasteiger charge is 2.80. The van der Waals surface area contributed by atoms with Gasteiger partial charge in [0.25, 0.3) is 0 Å². The summed E-state index contributed by atoms with van der Waals surface area (Å²) in [5.41, 5.74) is -5.11. The first-order valence-electron chi connectivity index (χ1n) is 11.5. The predicted octanol–water partition coefficient (Wildman–Crippen LogP) is 2.86. The maximum Gasteiger partial charge on any atom is 0.182 e. The van der Waals surface area contributed by atoms with Gasteiger partial charge in [-0.2, -0.15) is 0 Å². The summed E-state index contributed by atoms with van der Waals surface area (Å²) in [7, 11) is 0. The van der Waals surface area contributed by atoms with Gasteiger partial charge in [-0.05, 0) is 57.1 Å². The van der Waals surface area contributed by atoms with E-state index in [0.29, 0.717) is 12.0 Å². The molecular formula is C24H32ClFO6. The number of carbonyl (C=O) groups is 2. The smallest absolute Gasteiger partial charge is 0.182 e. The average Bonchev–Trinajstić information content (AvgIpc) is 3.11. The standard InChI is InChI=1S/C24H32ClFO6/c1-20(2)31-19-9-13-14-8-16(28)15-7-12(27)5-6-21(15,3)23(14,26)17(29)10-22(13,4)24(19,32-20)18(30)11-25/h7,13-14,16-17,19,28-29H,5-6,8-11H2,1-4H3/t13-,14-,16-,17-,19+,21-,22-,23-,24+/m0/s1. The second kappa shape index (κ2) is 6.63. The lowest BCUT2D eigenvalue weighted by atomic mass is 9.43. The highest BCUT2D eigenvalue weighted by molar-refractivity contribution is 6.29. The zero-order valence-electron chi connectivity index (χ0n) is 19.0. The Labute approximate surface area is 192 Å². The number of halogens is 2. The lowest BCUT2D eigenvalue weighted by Gasteiger charge is -2.64. The van der Waals surface area contributed by atoms with Crippen molar-refractivity contribution in [1.29, 1.82) is 0 Å². The van der Waals surface area contributed by atoms with Crippen molar-refractivity contribution in [1.82, 2.24) is 0 Å². The van der Waals surface area contributed by atoms with Crippen molar-refractivity contribution in [2.24, 2.45) is 22.7 Å². The first kappa shape index (κ1) is 22.9. The summed E-state index contributed by atoms with van der Waals surface area (Å²) in [6.45, 7) is 7.08. The van der Waals surface area contributed by atoms with Crippen LogP contribution in [0.1, 0.15) is 59.8 Å².